The fourth-order valence-corrected chi connectivity index (χ4v) is 4.75. The maximum Gasteiger partial charge on any atom is 0.303 e. The molecule has 38 heavy (non-hydrogen) atoms. The molecule has 9 nitrogen and oxygen atoms in total. The number of hydrogen-bond donors (Lipinski definition) is 3. The molecule has 2 fully saturated rings. The van der Waals surface area contributed by atoms with Crippen molar-refractivity contribution in [2.75, 3.05) is 32.8 Å². The van der Waals surface area contributed by atoms with Crippen LogP contribution in [0.25, 0.3) is 0 Å². The molecule has 0 radical (unpaired) electrons. The maximum absolute atomic E-state index is 12.1. The number of aliphatic carboxylic acids is 1. The minimum Gasteiger partial charge on any atom is -0.481 e. The van der Waals surface area contributed by atoms with E-state index in [9.17, 15) is 14.7 Å². The molecule has 0 saturated carbocycles. The summed E-state index contributed by atoms with van der Waals surface area (Å²) in [4.78, 5) is 25.0. The molecule has 2 aromatic rings. The van der Waals surface area contributed by atoms with Gasteiger partial charge in [-0.3, -0.25) is 14.5 Å². The first-order valence-corrected chi connectivity index (χ1v) is 13.4. The molecular formula is C29H38N2O7. The van der Waals surface area contributed by atoms with E-state index in [0.717, 1.165) is 61.5 Å². The number of carboxylic acid groups (broad SMARTS) is 1. The number of amides is 1. The van der Waals surface area contributed by atoms with Crippen molar-refractivity contribution in [3.63, 3.8) is 0 Å². The summed E-state index contributed by atoms with van der Waals surface area (Å²) < 4.78 is 18.3. The lowest BCUT2D eigenvalue weighted by atomic mass is 9.99. The van der Waals surface area contributed by atoms with Crippen LogP contribution in [0.4, 0.5) is 0 Å². The van der Waals surface area contributed by atoms with Crippen LogP contribution in [0.5, 0.6) is 0 Å². The Kier molecular flexibility index (Phi) is 10.7. The lowest BCUT2D eigenvalue weighted by Crippen LogP contribution is -2.44. The molecule has 0 spiro atoms. The fourth-order valence-electron chi connectivity index (χ4n) is 4.75. The molecule has 9 heteroatoms. The third kappa shape index (κ3) is 8.61. The van der Waals surface area contributed by atoms with Crippen molar-refractivity contribution in [1.29, 1.82) is 0 Å². The quantitative estimate of drug-likeness (QED) is 0.361. The van der Waals surface area contributed by atoms with E-state index in [1.165, 1.54) is 0 Å². The zero-order valence-corrected chi connectivity index (χ0v) is 21.7. The number of carboxylic acids is 1. The largest absolute Gasteiger partial charge is 0.481 e. The molecule has 2 heterocycles. The lowest BCUT2D eigenvalue weighted by molar-refractivity contribution is -0.253. The van der Waals surface area contributed by atoms with Crippen LogP contribution in [0.2, 0.25) is 0 Å². The Bertz CT molecular complexity index is 1020. The van der Waals surface area contributed by atoms with Gasteiger partial charge < -0.3 is 29.7 Å². The Labute approximate surface area is 223 Å². The Balaban J connectivity index is 1.36. The van der Waals surface area contributed by atoms with E-state index in [-0.39, 0.29) is 31.1 Å². The Morgan fingerprint density at radius 3 is 2.24 bits per heavy atom. The monoisotopic (exact) mass is 526 g/mol. The Morgan fingerprint density at radius 2 is 1.55 bits per heavy atom. The first-order valence-electron chi connectivity index (χ1n) is 13.4. The van der Waals surface area contributed by atoms with Crippen molar-refractivity contribution >= 4 is 11.9 Å². The molecule has 0 aromatic heterocycles. The molecule has 3 atom stereocenters. The summed E-state index contributed by atoms with van der Waals surface area (Å²) >= 11 is 0. The van der Waals surface area contributed by atoms with E-state index in [2.05, 4.69) is 10.2 Å². The lowest BCUT2D eigenvalue weighted by Gasteiger charge is -2.39. The van der Waals surface area contributed by atoms with Gasteiger partial charge in [-0.2, -0.15) is 0 Å². The van der Waals surface area contributed by atoms with E-state index in [1.807, 2.05) is 48.5 Å². The van der Waals surface area contributed by atoms with Gasteiger partial charge in [-0.05, 0) is 29.5 Å². The molecule has 2 aliphatic heterocycles. The zero-order chi connectivity index (χ0) is 26.7. The molecule has 0 bridgehead atoms. The summed E-state index contributed by atoms with van der Waals surface area (Å²) in [5, 5.41) is 21.0. The highest BCUT2D eigenvalue weighted by Gasteiger charge is 2.33. The minimum atomic E-state index is -0.838. The Morgan fingerprint density at radius 1 is 0.895 bits per heavy atom. The number of carbonyl (C=O) groups is 2. The van der Waals surface area contributed by atoms with Gasteiger partial charge in [0.25, 0.3) is 0 Å². The van der Waals surface area contributed by atoms with Gasteiger partial charge in [-0.25, -0.2) is 0 Å². The van der Waals surface area contributed by atoms with Crippen molar-refractivity contribution in [3.05, 3.63) is 70.8 Å². The summed E-state index contributed by atoms with van der Waals surface area (Å²) in [5.74, 6) is -0.922. The van der Waals surface area contributed by atoms with Crippen LogP contribution in [0.3, 0.4) is 0 Å². The number of rotatable bonds is 12. The number of hydrogen-bond acceptors (Lipinski definition) is 7. The molecule has 206 valence electrons. The topological polar surface area (TPSA) is 118 Å². The molecule has 2 saturated heterocycles. The summed E-state index contributed by atoms with van der Waals surface area (Å²) in [5.41, 5.74) is 3.80. The van der Waals surface area contributed by atoms with E-state index in [0.29, 0.717) is 25.8 Å². The summed E-state index contributed by atoms with van der Waals surface area (Å²) in [6.07, 6.45) is 1.55. The highest BCUT2D eigenvalue weighted by atomic mass is 16.7. The molecular weight excluding hydrogens is 488 g/mol. The number of benzene rings is 2. The molecule has 3 N–H and O–H groups in total. The second-order valence-corrected chi connectivity index (χ2v) is 9.88. The van der Waals surface area contributed by atoms with Gasteiger partial charge in [0.1, 0.15) is 0 Å². The van der Waals surface area contributed by atoms with Gasteiger partial charge in [-0.15, -0.1) is 0 Å². The standard InChI is InChI=1S/C29H38N2O7/c32-20-22-7-9-23(10-8-22)26-17-25(19-31-13-15-36-16-14-31)37-29(38-26)24-11-5-21(6-12-24)18-30-27(33)3-1-2-4-28(34)35/h5-12,25-26,29,32H,1-4,13-20H2,(H,30,33)(H,34,35)/t25-,26+,29+/m1/s1. The molecule has 2 aromatic carbocycles. The fraction of sp³-hybridized carbons (Fsp3) is 0.517. The number of aliphatic hydroxyl groups excluding tert-OH is 1. The third-order valence-corrected chi connectivity index (χ3v) is 6.97. The van der Waals surface area contributed by atoms with Crippen LogP contribution in [-0.4, -0.2) is 65.9 Å². The first-order chi connectivity index (χ1) is 18.5. The number of unbranched alkanes of at least 4 members (excludes halogenated alkanes) is 1. The van der Waals surface area contributed by atoms with Crippen LogP contribution in [0.15, 0.2) is 48.5 Å². The van der Waals surface area contributed by atoms with Gasteiger partial charge in [0.2, 0.25) is 5.91 Å². The predicted octanol–water partition coefficient (Wildman–Crippen LogP) is 3.32. The van der Waals surface area contributed by atoms with Crippen molar-refractivity contribution < 1.29 is 34.0 Å². The molecule has 0 unspecified atom stereocenters. The van der Waals surface area contributed by atoms with Gasteiger partial charge >= 0.3 is 5.97 Å². The number of ether oxygens (including phenoxy) is 3. The normalized spacial score (nSPS) is 22.2. The second-order valence-electron chi connectivity index (χ2n) is 9.88. The zero-order valence-electron chi connectivity index (χ0n) is 21.7. The molecule has 1 amide bonds. The molecule has 4 rings (SSSR count). The van der Waals surface area contributed by atoms with Crippen LogP contribution >= 0.6 is 0 Å². The summed E-state index contributed by atoms with van der Waals surface area (Å²) in [6.45, 7) is 4.48. The highest BCUT2D eigenvalue weighted by Crippen LogP contribution is 2.38. The van der Waals surface area contributed by atoms with Gasteiger partial charge in [0.05, 0.1) is 32.0 Å². The van der Waals surface area contributed by atoms with Crippen molar-refractivity contribution in [2.24, 2.45) is 0 Å². The Hall–Kier alpha value is -2.82. The number of nitrogens with one attached hydrogen (secondary N) is 1. The van der Waals surface area contributed by atoms with Crippen molar-refractivity contribution in [2.45, 2.75) is 63.8 Å². The van der Waals surface area contributed by atoms with E-state index >= 15 is 0 Å². The van der Waals surface area contributed by atoms with Crippen molar-refractivity contribution in [3.8, 4) is 0 Å². The SMILES string of the molecule is O=C(O)CCCCC(=O)NCc1ccc([C@H]2O[C@@H](CN3CCOCC3)C[C@@H](c3ccc(CO)cc3)O2)cc1. The average molecular weight is 527 g/mol. The van der Waals surface area contributed by atoms with Gasteiger partial charge in [0, 0.05) is 51.0 Å². The van der Waals surface area contributed by atoms with Crippen LogP contribution in [0, 0.1) is 0 Å². The number of morpholine rings is 1. The second kappa shape index (κ2) is 14.4. The van der Waals surface area contributed by atoms with Gasteiger partial charge in [-0.1, -0.05) is 48.5 Å². The van der Waals surface area contributed by atoms with E-state index in [4.69, 9.17) is 19.3 Å². The smallest absolute Gasteiger partial charge is 0.303 e. The number of carbonyl (C=O) groups excluding carboxylic acids is 1. The minimum absolute atomic E-state index is 0.00513. The first kappa shape index (κ1) is 28.2. The van der Waals surface area contributed by atoms with Gasteiger partial charge in [0.15, 0.2) is 6.29 Å². The number of nitrogens with zero attached hydrogens (tertiary/aromatic N) is 1. The molecule has 0 aliphatic carbocycles. The van der Waals surface area contributed by atoms with Crippen molar-refractivity contribution in [1.82, 2.24) is 10.2 Å². The third-order valence-electron chi connectivity index (χ3n) is 6.97. The maximum atomic E-state index is 12.1. The van der Waals surface area contributed by atoms with Crippen LogP contribution < -0.4 is 5.32 Å². The van der Waals surface area contributed by atoms with E-state index < -0.39 is 12.3 Å². The number of aliphatic hydroxyl groups is 1. The summed E-state index contributed by atoms with van der Waals surface area (Å²) in [7, 11) is 0. The summed E-state index contributed by atoms with van der Waals surface area (Å²) in [6, 6.07) is 15.7. The van der Waals surface area contributed by atoms with Crippen LogP contribution in [0.1, 0.15) is 66.8 Å². The predicted molar refractivity (Wildman–Crippen MR) is 140 cm³/mol. The average Bonchev–Trinajstić information content (AvgIpc) is 2.95. The van der Waals surface area contributed by atoms with E-state index in [1.54, 1.807) is 0 Å². The molecule has 2 aliphatic rings. The van der Waals surface area contributed by atoms with Crippen LogP contribution in [-0.2, 0) is 37.0 Å². The highest BCUT2D eigenvalue weighted by molar-refractivity contribution is 5.75.